The number of carbonyl (C=O) groups excluding carboxylic acids is 1. The summed E-state index contributed by atoms with van der Waals surface area (Å²) in [7, 11) is 1.95. The molecular weight excluding hydrogens is 356 g/mol. The molecule has 2 fully saturated rings. The minimum Gasteiger partial charge on any atom is -0.336 e. The molecule has 1 unspecified atom stereocenters. The number of nitrogens with zero attached hydrogens (tertiary/aromatic N) is 5. The highest BCUT2D eigenvalue weighted by molar-refractivity contribution is 5.95. The maximum atomic E-state index is 13.2. The van der Waals surface area contributed by atoms with Crippen molar-refractivity contribution < 1.29 is 9.32 Å². The van der Waals surface area contributed by atoms with Gasteiger partial charge in [0.1, 0.15) is 11.9 Å². The summed E-state index contributed by atoms with van der Waals surface area (Å²) in [6, 6.07) is 7.31. The van der Waals surface area contributed by atoms with Crippen molar-refractivity contribution in [2.24, 2.45) is 7.05 Å². The Bertz CT molecular complexity index is 988. The topological polar surface area (TPSA) is 89.1 Å². The van der Waals surface area contributed by atoms with E-state index >= 15 is 0 Å². The maximum absolute atomic E-state index is 13.2. The third-order valence-electron chi connectivity index (χ3n) is 5.42. The molecule has 8 nitrogen and oxygen atoms in total. The van der Waals surface area contributed by atoms with Crippen LogP contribution in [-0.4, -0.2) is 50.1 Å². The predicted octanol–water partition coefficient (Wildman–Crippen LogP) is 2.13. The molecule has 28 heavy (non-hydrogen) atoms. The van der Waals surface area contributed by atoms with Crippen LogP contribution in [0.15, 0.2) is 41.2 Å². The third kappa shape index (κ3) is 3.09. The van der Waals surface area contributed by atoms with Gasteiger partial charge in [-0.1, -0.05) is 5.16 Å². The molecule has 1 saturated carbocycles. The molecule has 1 aliphatic heterocycles. The summed E-state index contributed by atoms with van der Waals surface area (Å²) < 4.78 is 7.34. The largest absolute Gasteiger partial charge is 0.336 e. The minimum absolute atomic E-state index is 0.00486. The molecule has 0 bridgehead atoms. The zero-order chi connectivity index (χ0) is 19.1. The Balaban J connectivity index is 1.37. The van der Waals surface area contributed by atoms with Crippen molar-refractivity contribution in [2.75, 3.05) is 19.6 Å². The Morgan fingerprint density at radius 1 is 1.25 bits per heavy atom. The Kier molecular flexibility index (Phi) is 4.20. The Labute approximate surface area is 162 Å². The van der Waals surface area contributed by atoms with E-state index in [-0.39, 0.29) is 11.9 Å². The first kappa shape index (κ1) is 17.1. The van der Waals surface area contributed by atoms with Crippen LogP contribution in [0.5, 0.6) is 0 Å². The van der Waals surface area contributed by atoms with Crippen LogP contribution in [0.3, 0.4) is 0 Å². The van der Waals surface area contributed by atoms with Gasteiger partial charge in [-0.15, -0.1) is 0 Å². The lowest BCUT2D eigenvalue weighted by Crippen LogP contribution is -2.49. The van der Waals surface area contributed by atoms with Gasteiger partial charge in [0.15, 0.2) is 5.82 Å². The van der Waals surface area contributed by atoms with Gasteiger partial charge in [0.2, 0.25) is 0 Å². The number of benzene rings is 1. The van der Waals surface area contributed by atoms with Crippen LogP contribution in [-0.2, 0) is 7.05 Å². The Morgan fingerprint density at radius 2 is 2.07 bits per heavy atom. The number of rotatable bonds is 4. The summed E-state index contributed by atoms with van der Waals surface area (Å²) in [6.07, 6.45) is 5.94. The number of aryl methyl sites for hydroxylation is 1. The van der Waals surface area contributed by atoms with Gasteiger partial charge in [-0.25, -0.2) is 4.98 Å². The van der Waals surface area contributed by atoms with Crippen molar-refractivity contribution in [1.29, 1.82) is 0 Å². The molecule has 0 radical (unpaired) electrons. The van der Waals surface area contributed by atoms with Gasteiger partial charge >= 0.3 is 0 Å². The van der Waals surface area contributed by atoms with Crippen LogP contribution in [0.1, 0.15) is 46.8 Å². The quantitative estimate of drug-likeness (QED) is 0.748. The van der Waals surface area contributed by atoms with Crippen LogP contribution in [0.4, 0.5) is 0 Å². The van der Waals surface area contributed by atoms with Crippen molar-refractivity contribution in [2.45, 2.75) is 24.8 Å². The molecule has 1 amide bonds. The lowest BCUT2D eigenvalue weighted by Gasteiger charge is -2.35. The summed E-state index contributed by atoms with van der Waals surface area (Å²) >= 11 is 0. The number of imidazole rings is 1. The van der Waals surface area contributed by atoms with E-state index in [0.717, 1.165) is 36.6 Å². The van der Waals surface area contributed by atoms with E-state index in [9.17, 15) is 4.79 Å². The molecule has 2 aromatic heterocycles. The monoisotopic (exact) mass is 378 g/mol. The summed E-state index contributed by atoms with van der Waals surface area (Å²) in [6.45, 7) is 2.11. The predicted molar refractivity (Wildman–Crippen MR) is 102 cm³/mol. The standard InChI is InChI=1S/C20H22N6O2/c1-25-10-9-22-18(25)16-12-21-8-11-26(16)20(27)15-6-4-14(5-7-15)19-23-17(24-28-19)13-2-3-13/h4-7,9-10,13,16,21H,2-3,8,11-12H2,1H3. The Morgan fingerprint density at radius 3 is 2.79 bits per heavy atom. The van der Waals surface area contributed by atoms with Crippen molar-refractivity contribution in [3.63, 3.8) is 0 Å². The fourth-order valence-corrected chi connectivity index (χ4v) is 3.66. The van der Waals surface area contributed by atoms with Crippen LogP contribution in [0, 0.1) is 0 Å². The molecule has 3 heterocycles. The first-order valence-electron chi connectivity index (χ1n) is 9.63. The van der Waals surface area contributed by atoms with E-state index in [4.69, 9.17) is 4.52 Å². The summed E-state index contributed by atoms with van der Waals surface area (Å²) in [5, 5.41) is 7.41. The zero-order valence-corrected chi connectivity index (χ0v) is 15.7. The number of aromatic nitrogens is 4. The highest BCUT2D eigenvalue weighted by atomic mass is 16.5. The average molecular weight is 378 g/mol. The second-order valence-electron chi connectivity index (χ2n) is 7.42. The van der Waals surface area contributed by atoms with Crippen LogP contribution in [0.2, 0.25) is 0 Å². The van der Waals surface area contributed by atoms with Gasteiger partial charge in [0.25, 0.3) is 11.8 Å². The molecule has 144 valence electrons. The molecule has 1 N–H and O–H groups in total. The Hall–Kier alpha value is -3.00. The second kappa shape index (κ2) is 6.87. The van der Waals surface area contributed by atoms with E-state index in [1.165, 1.54) is 0 Å². The van der Waals surface area contributed by atoms with E-state index in [1.807, 2.05) is 47.0 Å². The number of piperazine rings is 1. The molecule has 5 rings (SSSR count). The maximum Gasteiger partial charge on any atom is 0.257 e. The summed E-state index contributed by atoms with van der Waals surface area (Å²) in [5.74, 6) is 2.64. The highest BCUT2D eigenvalue weighted by Crippen LogP contribution is 2.38. The SMILES string of the molecule is Cn1ccnc1C1CNCCN1C(=O)c1ccc(-c2nc(C3CC3)no2)cc1. The number of nitrogens with one attached hydrogen (secondary N) is 1. The first-order valence-corrected chi connectivity index (χ1v) is 9.63. The highest BCUT2D eigenvalue weighted by Gasteiger charge is 2.31. The molecule has 3 aromatic rings. The molecule has 2 aliphatic rings. The molecule has 0 spiro atoms. The lowest BCUT2D eigenvalue weighted by atomic mass is 10.1. The van der Waals surface area contributed by atoms with Gasteiger partial charge < -0.3 is 19.3 Å². The fourth-order valence-electron chi connectivity index (χ4n) is 3.66. The van der Waals surface area contributed by atoms with Gasteiger partial charge in [-0.2, -0.15) is 4.98 Å². The van der Waals surface area contributed by atoms with E-state index in [0.29, 0.717) is 30.5 Å². The fraction of sp³-hybridized carbons (Fsp3) is 0.400. The summed E-state index contributed by atoms with van der Waals surface area (Å²) in [4.78, 5) is 24.0. The van der Waals surface area contributed by atoms with Crippen molar-refractivity contribution >= 4 is 5.91 Å². The van der Waals surface area contributed by atoms with Crippen molar-refractivity contribution in [1.82, 2.24) is 29.9 Å². The second-order valence-corrected chi connectivity index (χ2v) is 7.42. The molecule has 1 aliphatic carbocycles. The van der Waals surface area contributed by atoms with E-state index < -0.39 is 0 Å². The van der Waals surface area contributed by atoms with E-state index in [2.05, 4.69) is 20.4 Å². The van der Waals surface area contributed by atoms with Gasteiger partial charge in [-0.05, 0) is 37.1 Å². The van der Waals surface area contributed by atoms with Crippen molar-refractivity contribution in [3.05, 3.63) is 53.9 Å². The summed E-state index contributed by atoms with van der Waals surface area (Å²) in [5.41, 5.74) is 1.48. The van der Waals surface area contributed by atoms with Crippen LogP contribution < -0.4 is 5.32 Å². The molecular formula is C20H22N6O2. The van der Waals surface area contributed by atoms with Gasteiger partial charge in [0.05, 0.1) is 0 Å². The van der Waals surface area contributed by atoms with Crippen molar-refractivity contribution in [3.8, 4) is 11.5 Å². The average Bonchev–Trinajstić information content (AvgIpc) is 3.31. The van der Waals surface area contributed by atoms with E-state index in [1.54, 1.807) is 6.20 Å². The van der Waals surface area contributed by atoms with Gasteiger partial charge in [0, 0.05) is 56.1 Å². The number of hydrogen-bond acceptors (Lipinski definition) is 6. The molecule has 1 saturated heterocycles. The number of carbonyl (C=O) groups is 1. The lowest BCUT2D eigenvalue weighted by molar-refractivity contribution is 0.0621. The molecule has 1 atom stereocenters. The molecule has 1 aromatic carbocycles. The third-order valence-corrected chi connectivity index (χ3v) is 5.42. The zero-order valence-electron chi connectivity index (χ0n) is 15.7. The number of amides is 1. The first-order chi connectivity index (χ1) is 13.7. The van der Waals surface area contributed by atoms with Gasteiger partial charge in [-0.3, -0.25) is 4.79 Å². The normalized spacial score (nSPS) is 19.8. The minimum atomic E-state index is -0.0852. The number of hydrogen-bond donors (Lipinski definition) is 1. The smallest absolute Gasteiger partial charge is 0.257 e. The van der Waals surface area contributed by atoms with Crippen LogP contribution in [0.25, 0.3) is 11.5 Å². The molecule has 8 heteroatoms. The van der Waals surface area contributed by atoms with Crippen LogP contribution >= 0.6 is 0 Å².